The summed E-state index contributed by atoms with van der Waals surface area (Å²) in [5.74, 6) is 1.01. The molecule has 0 amide bonds. The maximum absolute atomic E-state index is 13.0. The molecule has 0 saturated heterocycles. The van der Waals surface area contributed by atoms with E-state index in [1.54, 1.807) is 37.3 Å². The van der Waals surface area contributed by atoms with Gasteiger partial charge in [0.25, 0.3) is 10.0 Å². The molecule has 1 heterocycles. The van der Waals surface area contributed by atoms with E-state index >= 15 is 0 Å². The fraction of sp³-hybridized carbons (Fsp3) is 0.176. The molecule has 0 N–H and O–H groups in total. The Balaban J connectivity index is 2.22. The third-order valence-electron chi connectivity index (χ3n) is 3.77. The van der Waals surface area contributed by atoms with Crippen molar-refractivity contribution in [3.63, 3.8) is 0 Å². The van der Waals surface area contributed by atoms with Crippen LogP contribution in [0.3, 0.4) is 0 Å². The number of aromatic nitrogens is 1. The van der Waals surface area contributed by atoms with Crippen molar-refractivity contribution in [3.8, 4) is 5.75 Å². The lowest BCUT2D eigenvalue weighted by Crippen LogP contribution is -2.11. The zero-order valence-corrected chi connectivity index (χ0v) is 14.9. The summed E-state index contributed by atoms with van der Waals surface area (Å²) in [6, 6.07) is 13.3. The summed E-state index contributed by atoms with van der Waals surface area (Å²) in [6.07, 6.45) is 1.46. The van der Waals surface area contributed by atoms with Crippen molar-refractivity contribution in [1.29, 1.82) is 0 Å². The number of para-hydroxylation sites is 1. The molecule has 0 aliphatic rings. The highest BCUT2D eigenvalue weighted by atomic mass is 32.2. The van der Waals surface area contributed by atoms with Gasteiger partial charge < -0.3 is 4.74 Å². The highest BCUT2D eigenvalue weighted by molar-refractivity contribution is 7.90. The molecule has 0 bridgehead atoms. The summed E-state index contributed by atoms with van der Waals surface area (Å²) < 4.78 is 44.5. The summed E-state index contributed by atoms with van der Waals surface area (Å²) in [4.78, 5) is 0.683. The summed E-state index contributed by atoms with van der Waals surface area (Å²) in [6.45, 7) is 1.81. The Bertz CT molecular complexity index is 1000. The largest absolute Gasteiger partial charge is 0.497 e. The van der Waals surface area contributed by atoms with E-state index in [1.165, 1.54) is 29.4 Å². The van der Waals surface area contributed by atoms with Gasteiger partial charge in [0, 0.05) is 17.3 Å². The molecule has 0 aliphatic heterocycles. The fourth-order valence-corrected chi connectivity index (χ4v) is 4.90. The molecule has 1 aromatic heterocycles. The first-order valence-corrected chi connectivity index (χ1v) is 10.1. The van der Waals surface area contributed by atoms with Crippen LogP contribution in [0, 0.1) is 0 Å². The number of benzene rings is 2. The number of hydrogen-bond acceptors (Lipinski definition) is 4. The van der Waals surface area contributed by atoms with Gasteiger partial charge in [-0.25, -0.2) is 12.4 Å². The number of hydrogen-bond donors (Lipinski definition) is 0. The van der Waals surface area contributed by atoms with Crippen molar-refractivity contribution in [1.82, 2.24) is 3.97 Å². The molecule has 0 radical (unpaired) electrons. The predicted octanol–water partition coefficient (Wildman–Crippen LogP) is 3.01. The third kappa shape index (κ3) is 2.74. The summed E-state index contributed by atoms with van der Waals surface area (Å²) in [5.41, 5.74) is 0.519. The monoisotopic (exact) mass is 363 g/mol. The Morgan fingerprint density at radius 2 is 1.75 bits per heavy atom. The van der Waals surface area contributed by atoms with Gasteiger partial charge in [-0.1, -0.05) is 25.1 Å². The summed E-state index contributed by atoms with van der Waals surface area (Å²) >= 11 is 0. The highest BCUT2D eigenvalue weighted by Crippen LogP contribution is 2.28. The van der Waals surface area contributed by atoms with Crippen LogP contribution in [0.15, 0.2) is 64.5 Å². The Hall–Kier alpha value is -2.12. The van der Waals surface area contributed by atoms with Gasteiger partial charge in [-0.15, -0.1) is 0 Å². The molecule has 7 heteroatoms. The van der Waals surface area contributed by atoms with Crippen molar-refractivity contribution < 1.29 is 17.4 Å². The third-order valence-corrected chi connectivity index (χ3v) is 6.79. The molecule has 0 fully saturated rings. The van der Waals surface area contributed by atoms with Gasteiger partial charge in [-0.05, 0) is 30.3 Å². The molecule has 2 aromatic carbocycles. The summed E-state index contributed by atoms with van der Waals surface area (Å²) in [5, 5.41) is 0.690. The van der Waals surface area contributed by atoms with Crippen molar-refractivity contribution in [2.75, 3.05) is 12.9 Å². The van der Waals surface area contributed by atoms with Crippen LogP contribution in [-0.4, -0.2) is 29.5 Å². The van der Waals surface area contributed by atoms with Gasteiger partial charge in [0.2, 0.25) is 0 Å². The predicted molar refractivity (Wildman–Crippen MR) is 94.5 cm³/mol. The second-order valence-electron chi connectivity index (χ2n) is 5.12. The Labute approximate surface area is 143 Å². The van der Waals surface area contributed by atoms with E-state index in [2.05, 4.69) is 0 Å². The first-order chi connectivity index (χ1) is 11.5. The fourth-order valence-electron chi connectivity index (χ4n) is 2.52. The van der Waals surface area contributed by atoms with Crippen LogP contribution in [0.1, 0.15) is 6.92 Å². The van der Waals surface area contributed by atoms with Gasteiger partial charge >= 0.3 is 0 Å². The van der Waals surface area contributed by atoms with Gasteiger partial charge in [-0.3, -0.25) is 4.21 Å². The minimum Gasteiger partial charge on any atom is -0.497 e. The number of ether oxygens (including phenoxy) is 1. The topological polar surface area (TPSA) is 65.4 Å². The lowest BCUT2D eigenvalue weighted by molar-refractivity contribution is 0.414. The van der Waals surface area contributed by atoms with Crippen LogP contribution >= 0.6 is 0 Å². The Morgan fingerprint density at radius 3 is 2.38 bits per heavy atom. The molecule has 0 saturated carbocycles. The zero-order chi connectivity index (χ0) is 17.3. The van der Waals surface area contributed by atoms with E-state index in [1.807, 2.05) is 6.07 Å². The number of methoxy groups -OCH3 is 1. The molecule has 1 unspecified atom stereocenters. The number of rotatable bonds is 5. The van der Waals surface area contributed by atoms with E-state index in [0.29, 0.717) is 27.3 Å². The second-order valence-corrected chi connectivity index (χ2v) is 8.64. The van der Waals surface area contributed by atoms with E-state index in [-0.39, 0.29) is 4.90 Å². The molecule has 3 rings (SSSR count). The van der Waals surface area contributed by atoms with Crippen LogP contribution in [0.5, 0.6) is 5.75 Å². The van der Waals surface area contributed by atoms with E-state index < -0.39 is 20.8 Å². The van der Waals surface area contributed by atoms with Crippen molar-refractivity contribution >= 4 is 31.7 Å². The molecular formula is C17H17NO4S2. The molecule has 126 valence electrons. The first kappa shape index (κ1) is 16.7. The van der Waals surface area contributed by atoms with E-state index in [9.17, 15) is 12.6 Å². The first-order valence-electron chi connectivity index (χ1n) is 7.37. The minimum absolute atomic E-state index is 0.151. The minimum atomic E-state index is -3.78. The van der Waals surface area contributed by atoms with E-state index in [0.717, 1.165) is 0 Å². The van der Waals surface area contributed by atoms with Crippen LogP contribution in [0.2, 0.25) is 0 Å². The maximum Gasteiger partial charge on any atom is 0.268 e. The molecule has 5 nitrogen and oxygen atoms in total. The van der Waals surface area contributed by atoms with Crippen LogP contribution in [-0.2, 0) is 20.8 Å². The second kappa shape index (κ2) is 6.41. The number of fused-ring (bicyclic) bond motifs is 1. The normalized spacial score (nSPS) is 13.1. The molecular weight excluding hydrogens is 346 g/mol. The maximum atomic E-state index is 13.0. The Morgan fingerprint density at radius 1 is 1.08 bits per heavy atom. The van der Waals surface area contributed by atoms with Crippen molar-refractivity contribution in [3.05, 3.63) is 54.7 Å². The Kier molecular flexibility index (Phi) is 4.47. The molecule has 0 spiro atoms. The standard InChI is InChI=1S/C17H17NO4S2/c1-3-23(19)17-12-18(16-7-5-4-6-15(16)17)24(20,21)14-10-8-13(22-2)9-11-14/h4-12H,3H2,1-2H3. The van der Waals surface area contributed by atoms with Crippen LogP contribution in [0.4, 0.5) is 0 Å². The average Bonchev–Trinajstić information content (AvgIpc) is 3.01. The molecule has 1 atom stereocenters. The molecule has 24 heavy (non-hydrogen) atoms. The number of nitrogens with zero attached hydrogens (tertiary/aromatic N) is 1. The quantitative estimate of drug-likeness (QED) is 0.699. The van der Waals surface area contributed by atoms with Gasteiger partial charge in [0.15, 0.2) is 0 Å². The summed E-state index contributed by atoms with van der Waals surface area (Å²) in [7, 11) is -3.51. The molecule has 3 aromatic rings. The van der Waals surface area contributed by atoms with Gasteiger partial charge in [-0.2, -0.15) is 0 Å². The van der Waals surface area contributed by atoms with Crippen molar-refractivity contribution in [2.24, 2.45) is 0 Å². The smallest absolute Gasteiger partial charge is 0.268 e. The lowest BCUT2D eigenvalue weighted by Gasteiger charge is -2.08. The molecule has 0 aliphatic carbocycles. The van der Waals surface area contributed by atoms with E-state index in [4.69, 9.17) is 4.74 Å². The highest BCUT2D eigenvalue weighted by Gasteiger charge is 2.22. The van der Waals surface area contributed by atoms with Crippen LogP contribution < -0.4 is 4.74 Å². The SMILES string of the molecule is CCS(=O)c1cn(S(=O)(=O)c2ccc(OC)cc2)c2ccccc12. The average molecular weight is 363 g/mol. The van der Waals surface area contributed by atoms with Crippen molar-refractivity contribution in [2.45, 2.75) is 16.7 Å². The van der Waals surface area contributed by atoms with Crippen LogP contribution in [0.25, 0.3) is 10.9 Å². The van der Waals surface area contributed by atoms with Gasteiger partial charge in [0.05, 0.1) is 33.2 Å². The lowest BCUT2D eigenvalue weighted by atomic mass is 10.2. The zero-order valence-electron chi connectivity index (χ0n) is 13.3. The van der Waals surface area contributed by atoms with Gasteiger partial charge in [0.1, 0.15) is 5.75 Å².